The predicted molar refractivity (Wildman–Crippen MR) is 78.4 cm³/mol. The molecule has 1 N–H and O–H groups in total. The number of nitrogens with one attached hydrogen (secondary N) is 1. The fourth-order valence-corrected chi connectivity index (χ4v) is 2.12. The monoisotopic (exact) mass is 253 g/mol. The summed E-state index contributed by atoms with van der Waals surface area (Å²) in [5.74, 6) is 0.00619. The highest BCUT2D eigenvalue weighted by atomic mass is 16.1. The summed E-state index contributed by atoms with van der Waals surface area (Å²) in [4.78, 5) is 12.0. The number of aryl methyl sites for hydroxylation is 2. The van der Waals surface area contributed by atoms with E-state index in [9.17, 15) is 4.79 Å². The third-order valence-electron chi connectivity index (χ3n) is 3.33. The van der Waals surface area contributed by atoms with E-state index in [2.05, 4.69) is 24.4 Å². The Morgan fingerprint density at radius 2 is 1.58 bits per heavy atom. The molecule has 0 aliphatic carbocycles. The van der Waals surface area contributed by atoms with Crippen LogP contribution in [0, 0.1) is 13.8 Å². The molecule has 0 bridgehead atoms. The Kier molecular flexibility index (Phi) is 4.35. The van der Waals surface area contributed by atoms with Gasteiger partial charge in [-0.2, -0.15) is 0 Å². The number of amides is 1. The number of hydrogen-bond donors (Lipinski definition) is 1. The summed E-state index contributed by atoms with van der Waals surface area (Å²) in [6.45, 7) is 4.72. The summed E-state index contributed by atoms with van der Waals surface area (Å²) < 4.78 is 0. The van der Waals surface area contributed by atoms with Gasteiger partial charge in [-0.15, -0.1) is 0 Å². The summed E-state index contributed by atoms with van der Waals surface area (Å²) >= 11 is 0. The van der Waals surface area contributed by atoms with Gasteiger partial charge in [0.15, 0.2) is 0 Å². The van der Waals surface area contributed by atoms with Crippen LogP contribution in [0.1, 0.15) is 27.0 Å². The van der Waals surface area contributed by atoms with Crippen LogP contribution in [-0.2, 0) is 6.42 Å². The zero-order chi connectivity index (χ0) is 13.7. The lowest BCUT2D eigenvalue weighted by molar-refractivity contribution is 0.0953. The summed E-state index contributed by atoms with van der Waals surface area (Å²) in [6, 6.07) is 15.9. The lowest BCUT2D eigenvalue weighted by atomic mass is 10.1. The highest BCUT2D eigenvalue weighted by molar-refractivity contribution is 5.95. The minimum Gasteiger partial charge on any atom is -0.352 e. The molecular weight excluding hydrogens is 234 g/mol. The second kappa shape index (κ2) is 6.19. The molecule has 19 heavy (non-hydrogen) atoms. The van der Waals surface area contributed by atoms with Gasteiger partial charge in [-0.25, -0.2) is 0 Å². The van der Waals surface area contributed by atoms with Gasteiger partial charge in [0, 0.05) is 12.1 Å². The van der Waals surface area contributed by atoms with Crippen molar-refractivity contribution in [1.29, 1.82) is 0 Å². The molecule has 0 unspecified atom stereocenters. The summed E-state index contributed by atoms with van der Waals surface area (Å²) in [7, 11) is 0. The topological polar surface area (TPSA) is 29.1 Å². The standard InChI is InChI=1S/C17H19NO/c1-13-7-3-5-9-15(13)11-12-18-17(19)16-10-6-4-8-14(16)2/h3-10H,11-12H2,1-2H3,(H,18,19). The Bertz CT molecular complexity index is 575. The maximum absolute atomic E-state index is 12.0. The molecule has 2 rings (SSSR count). The summed E-state index contributed by atoms with van der Waals surface area (Å²) in [6.07, 6.45) is 0.865. The molecule has 0 heterocycles. The molecule has 0 aliphatic rings. The van der Waals surface area contributed by atoms with Crippen molar-refractivity contribution in [2.24, 2.45) is 0 Å². The number of benzene rings is 2. The van der Waals surface area contributed by atoms with Crippen LogP contribution in [0.4, 0.5) is 0 Å². The van der Waals surface area contributed by atoms with Crippen molar-refractivity contribution in [3.63, 3.8) is 0 Å². The van der Waals surface area contributed by atoms with Crippen molar-refractivity contribution in [1.82, 2.24) is 5.32 Å². The Labute approximate surface area is 114 Å². The largest absolute Gasteiger partial charge is 0.352 e. The number of carbonyl (C=O) groups is 1. The van der Waals surface area contributed by atoms with Crippen LogP contribution in [0.25, 0.3) is 0 Å². The van der Waals surface area contributed by atoms with Gasteiger partial charge in [-0.1, -0.05) is 42.5 Å². The van der Waals surface area contributed by atoms with Crippen LogP contribution in [0.5, 0.6) is 0 Å². The molecule has 98 valence electrons. The van der Waals surface area contributed by atoms with Gasteiger partial charge in [0.2, 0.25) is 0 Å². The first-order chi connectivity index (χ1) is 9.18. The lowest BCUT2D eigenvalue weighted by Gasteiger charge is -2.09. The Morgan fingerprint density at radius 1 is 0.947 bits per heavy atom. The molecule has 0 spiro atoms. The van der Waals surface area contributed by atoms with Crippen molar-refractivity contribution in [2.45, 2.75) is 20.3 Å². The van der Waals surface area contributed by atoms with Crippen LogP contribution in [0.15, 0.2) is 48.5 Å². The molecule has 2 aromatic rings. The van der Waals surface area contributed by atoms with Crippen LogP contribution >= 0.6 is 0 Å². The highest BCUT2D eigenvalue weighted by Crippen LogP contribution is 2.08. The third kappa shape index (κ3) is 3.44. The third-order valence-corrected chi connectivity index (χ3v) is 3.33. The minimum absolute atomic E-state index is 0.00619. The van der Waals surface area contributed by atoms with E-state index in [0.29, 0.717) is 6.54 Å². The fraction of sp³-hybridized carbons (Fsp3) is 0.235. The maximum atomic E-state index is 12.0. The van der Waals surface area contributed by atoms with Gasteiger partial charge >= 0.3 is 0 Å². The molecule has 0 aromatic heterocycles. The van der Waals surface area contributed by atoms with Gasteiger partial charge in [0.25, 0.3) is 5.91 Å². The van der Waals surface area contributed by atoms with E-state index in [1.165, 1.54) is 11.1 Å². The van der Waals surface area contributed by atoms with Crippen LogP contribution in [0.3, 0.4) is 0 Å². The molecule has 0 radical (unpaired) electrons. The lowest BCUT2D eigenvalue weighted by Crippen LogP contribution is -2.26. The van der Waals surface area contributed by atoms with E-state index in [-0.39, 0.29) is 5.91 Å². The average molecular weight is 253 g/mol. The van der Waals surface area contributed by atoms with E-state index < -0.39 is 0 Å². The van der Waals surface area contributed by atoms with Crippen LogP contribution < -0.4 is 5.32 Å². The Hall–Kier alpha value is -2.09. The first-order valence-corrected chi connectivity index (χ1v) is 6.57. The maximum Gasteiger partial charge on any atom is 0.251 e. The van der Waals surface area contributed by atoms with Gasteiger partial charge in [0.1, 0.15) is 0 Å². The van der Waals surface area contributed by atoms with Gasteiger partial charge in [-0.3, -0.25) is 4.79 Å². The molecule has 2 aromatic carbocycles. The second-order valence-electron chi connectivity index (χ2n) is 4.75. The molecule has 2 nitrogen and oxygen atoms in total. The minimum atomic E-state index is 0.00619. The molecule has 0 aliphatic heterocycles. The smallest absolute Gasteiger partial charge is 0.251 e. The van der Waals surface area contributed by atoms with E-state index in [1.807, 2.05) is 43.3 Å². The van der Waals surface area contributed by atoms with E-state index >= 15 is 0 Å². The van der Waals surface area contributed by atoms with Crippen molar-refractivity contribution in [3.05, 3.63) is 70.8 Å². The number of hydrogen-bond acceptors (Lipinski definition) is 1. The average Bonchev–Trinajstić information content (AvgIpc) is 2.41. The quantitative estimate of drug-likeness (QED) is 0.890. The van der Waals surface area contributed by atoms with Gasteiger partial charge in [-0.05, 0) is 43.0 Å². The predicted octanol–water partition coefficient (Wildman–Crippen LogP) is 3.28. The zero-order valence-electron chi connectivity index (χ0n) is 11.4. The molecule has 2 heteroatoms. The van der Waals surface area contributed by atoms with E-state index in [1.54, 1.807) is 0 Å². The molecule has 0 saturated carbocycles. The highest BCUT2D eigenvalue weighted by Gasteiger charge is 2.07. The summed E-state index contributed by atoms with van der Waals surface area (Å²) in [5, 5.41) is 2.98. The molecule has 0 saturated heterocycles. The first-order valence-electron chi connectivity index (χ1n) is 6.57. The van der Waals surface area contributed by atoms with Crippen molar-refractivity contribution in [3.8, 4) is 0 Å². The normalized spacial score (nSPS) is 10.2. The van der Waals surface area contributed by atoms with E-state index in [4.69, 9.17) is 0 Å². The fourth-order valence-electron chi connectivity index (χ4n) is 2.12. The zero-order valence-corrected chi connectivity index (χ0v) is 11.4. The molecule has 1 amide bonds. The van der Waals surface area contributed by atoms with Crippen LogP contribution in [0.2, 0.25) is 0 Å². The molecule has 0 fully saturated rings. The molecular formula is C17H19NO. The SMILES string of the molecule is Cc1ccccc1CCNC(=O)c1ccccc1C. The first kappa shape index (κ1) is 13.3. The summed E-state index contributed by atoms with van der Waals surface area (Å²) in [5.41, 5.74) is 4.32. The Balaban J connectivity index is 1.92. The second-order valence-corrected chi connectivity index (χ2v) is 4.75. The number of carbonyl (C=O) groups excluding carboxylic acids is 1. The molecule has 0 atom stereocenters. The van der Waals surface area contributed by atoms with Crippen molar-refractivity contribution >= 4 is 5.91 Å². The van der Waals surface area contributed by atoms with Crippen molar-refractivity contribution in [2.75, 3.05) is 6.54 Å². The Morgan fingerprint density at radius 3 is 2.26 bits per heavy atom. The van der Waals surface area contributed by atoms with E-state index in [0.717, 1.165) is 17.5 Å². The van der Waals surface area contributed by atoms with Crippen molar-refractivity contribution < 1.29 is 4.79 Å². The van der Waals surface area contributed by atoms with Gasteiger partial charge < -0.3 is 5.32 Å². The van der Waals surface area contributed by atoms with Crippen LogP contribution in [-0.4, -0.2) is 12.5 Å². The van der Waals surface area contributed by atoms with Gasteiger partial charge in [0.05, 0.1) is 0 Å². The number of rotatable bonds is 4.